The van der Waals surface area contributed by atoms with Gasteiger partial charge in [0.2, 0.25) is 0 Å². The first-order chi connectivity index (χ1) is 64.4. The third-order valence-corrected chi connectivity index (χ3v) is 28.3. The van der Waals surface area contributed by atoms with Crippen molar-refractivity contribution in [2.75, 3.05) is 21.3 Å². The van der Waals surface area contributed by atoms with E-state index in [0.29, 0.717) is 29.1 Å². The van der Waals surface area contributed by atoms with Crippen molar-refractivity contribution >= 4 is 95.4 Å². The van der Waals surface area contributed by atoms with Gasteiger partial charge in [-0.2, -0.15) is 10.2 Å². The van der Waals surface area contributed by atoms with Crippen LogP contribution in [0.4, 0.5) is 23.3 Å². The molecule has 1 aliphatic heterocycles. The van der Waals surface area contributed by atoms with Crippen molar-refractivity contribution in [2.45, 2.75) is 118 Å². The molecule has 656 valence electrons. The molecule has 0 fully saturated rings. The van der Waals surface area contributed by atoms with Crippen LogP contribution >= 0.6 is 11.6 Å². The zero-order valence-electron chi connectivity index (χ0n) is 75.7. The number of hydrogen-bond donors (Lipinski definition) is 4. The van der Waals surface area contributed by atoms with E-state index in [0.717, 1.165) is 112 Å². The van der Waals surface area contributed by atoms with Gasteiger partial charge >= 0.3 is 219 Å². The summed E-state index contributed by atoms with van der Waals surface area (Å²) in [6.45, 7) is 17.6. The molecule has 132 heavy (non-hydrogen) atoms. The Balaban J connectivity index is 0.000000126. The Kier molecular flexibility index (Phi) is 26.8. The summed E-state index contributed by atoms with van der Waals surface area (Å²) in [7, 11) is 0. The molecule has 0 atom stereocenters. The number of nitrogens with zero attached hydrogens (tertiary/aromatic N) is 17. The molecule has 0 radical (unpaired) electrons. The fourth-order valence-electron chi connectivity index (χ4n) is 17.8. The van der Waals surface area contributed by atoms with E-state index in [-0.39, 0.29) is 18.1 Å². The topological polar surface area (TPSA) is 243 Å². The van der Waals surface area contributed by atoms with Gasteiger partial charge < -0.3 is 16.0 Å². The van der Waals surface area contributed by atoms with Crippen molar-refractivity contribution in [1.29, 1.82) is 0 Å². The number of pyridine rings is 4. The van der Waals surface area contributed by atoms with Gasteiger partial charge in [-0.25, -0.2) is 54.2 Å². The summed E-state index contributed by atoms with van der Waals surface area (Å²) in [5.41, 5.74) is 17.6. The number of aliphatic imine (C=N–C) groups is 1. The Labute approximate surface area is 779 Å². The van der Waals surface area contributed by atoms with Crippen LogP contribution in [0.3, 0.4) is 0 Å². The molecular formula is C109H104ClN21Sn. The predicted molar refractivity (Wildman–Crippen MR) is 537 cm³/mol. The molecule has 23 heteroatoms. The van der Waals surface area contributed by atoms with Crippen LogP contribution < -0.4 is 25.0 Å². The fraction of sp³-hybridized carbons (Fsp3) is 0.174. The summed E-state index contributed by atoms with van der Waals surface area (Å²) in [4.78, 5) is 56.2. The van der Waals surface area contributed by atoms with Gasteiger partial charge in [-0.05, 0) is 111 Å². The molecule has 0 spiro atoms. The molecule has 0 unspecified atom stereocenters. The summed E-state index contributed by atoms with van der Waals surface area (Å²) in [6.07, 6.45) is 15.5. The van der Waals surface area contributed by atoms with Crippen LogP contribution in [-0.2, 0) is 23.2 Å². The normalized spacial score (nSPS) is 12.1. The second-order valence-corrected chi connectivity index (χ2v) is 49.2. The van der Waals surface area contributed by atoms with Gasteiger partial charge in [-0.1, -0.05) is 194 Å². The zero-order valence-corrected chi connectivity index (χ0v) is 79.3. The number of benzene rings is 9. The minimum atomic E-state index is -2.71. The van der Waals surface area contributed by atoms with E-state index >= 15 is 0 Å². The van der Waals surface area contributed by atoms with Crippen molar-refractivity contribution < 1.29 is 0 Å². The van der Waals surface area contributed by atoms with Gasteiger partial charge in [0.1, 0.15) is 64.1 Å². The third-order valence-electron chi connectivity index (χ3n) is 23.1. The zero-order chi connectivity index (χ0) is 91.4. The molecule has 10 aromatic heterocycles. The standard InChI is InChI=1S/C32H27ClN6.C32H28N6.C28H25N4.C14H15N5.3CH3.Sn/c1-22(2)37-31-29-27(18-19-34-31)39(38-30(29)26-20-28(33)36-21-35-26)32(23-12-6-3-7-13-23,24-14-8-4-9-15-24)25-16-10-5-11-17-25;1-23(2)36-31-29-28(19-21-34-31)38(37-30(29)27-18-20-33-22-35-27)32(24-12-6-3-7-13-24,25-14-8-4-9-15-25)26-16-10-5-11-17-26;1-21(2)31-27-25-20-30-32(26(25)18-19-29-27)28(22-12-6-3-7-13-22,23-14-8-4-9-15-23)24-16-10-5-11-17-24;1-9(2)19-14-12-10(3-6-16-14)7-17-13(12)11-4-5-15-8-18-11;;;;/h3-22H,1-2H3,(H,34,37);3-23H,1-2H3,(H,34,36);3-19,21H,1-2H3,(H,29,31);3-6,8-9H,7H2,1-2H3,(H,16,19);3*1H3;. The van der Waals surface area contributed by atoms with Crippen molar-refractivity contribution in [2.24, 2.45) is 4.99 Å². The van der Waals surface area contributed by atoms with Crippen LogP contribution in [0.1, 0.15) is 122 Å². The maximum Gasteiger partial charge on any atom is 0.138 e. The first kappa shape index (κ1) is 89.2. The molecule has 0 saturated carbocycles. The third kappa shape index (κ3) is 17.8. The van der Waals surface area contributed by atoms with Crippen LogP contribution in [-0.4, -0.2) is 127 Å². The van der Waals surface area contributed by atoms with Gasteiger partial charge in [0.15, 0.2) is 0 Å². The summed E-state index contributed by atoms with van der Waals surface area (Å²) >= 11 is 3.63. The van der Waals surface area contributed by atoms with Gasteiger partial charge in [0.25, 0.3) is 0 Å². The van der Waals surface area contributed by atoms with Crippen LogP contribution in [0.25, 0.3) is 55.5 Å². The molecule has 0 amide bonds. The largest absolute Gasteiger partial charge is 0.367 e. The smallest absolute Gasteiger partial charge is 0.138 e. The molecule has 20 rings (SSSR count). The van der Waals surface area contributed by atoms with E-state index in [1.54, 1.807) is 31.1 Å². The number of nitrogens with one attached hydrogen (secondary N) is 4. The molecule has 0 saturated heterocycles. The number of hydrogen-bond acceptors (Lipinski definition) is 18. The van der Waals surface area contributed by atoms with Gasteiger partial charge in [0, 0.05) is 60.7 Å². The van der Waals surface area contributed by atoms with Crippen LogP contribution in [0, 0.1) is 0 Å². The van der Waals surface area contributed by atoms with Crippen molar-refractivity contribution in [1.82, 2.24) is 79.2 Å². The summed E-state index contributed by atoms with van der Waals surface area (Å²) in [5, 5.41) is 33.6. The maximum absolute atomic E-state index is 6.34. The number of fused-ring (bicyclic) bond motifs is 4. The van der Waals surface area contributed by atoms with Crippen molar-refractivity contribution in [3.05, 3.63) is 444 Å². The number of anilines is 4. The van der Waals surface area contributed by atoms with Crippen LogP contribution in [0.2, 0.25) is 20.0 Å². The van der Waals surface area contributed by atoms with Gasteiger partial charge in [-0.15, -0.1) is 0 Å². The Morgan fingerprint density at radius 1 is 0.303 bits per heavy atom. The molecular weight excluding hydrogens is 1760 g/mol. The average Bonchev–Trinajstić information content (AvgIpc) is 1.47. The Morgan fingerprint density at radius 3 is 0.924 bits per heavy atom. The number of aromatic nitrogens is 16. The molecule has 0 aliphatic carbocycles. The second-order valence-electron chi connectivity index (χ2n) is 34.6. The molecule has 11 heterocycles. The maximum atomic E-state index is 6.34. The SMILES string of the molecule is CC(C)Nc1nccc2c1C(c1ccncn1)=NC2.CC(C)Nc1nccc2c1[c]([Sn]([CH3])([CH3])[CH3])nn2C(c1ccccc1)(c1ccccc1)c1ccccc1.CC(C)Nc1nccc2c1c(-c1cc(Cl)ncn1)nn2C(c1ccccc1)(c1ccccc1)c1ccccc1.CC(C)Nc1nccc2c1c(-c1ccncn1)nn2C(c1ccccc1)(c1ccccc1)c1ccccc1. The first-order valence-electron chi connectivity index (χ1n) is 44.6. The van der Waals surface area contributed by atoms with E-state index < -0.39 is 35.0 Å². The van der Waals surface area contributed by atoms with E-state index in [1.807, 2.05) is 91.5 Å². The van der Waals surface area contributed by atoms with Crippen molar-refractivity contribution in [3.63, 3.8) is 0 Å². The van der Waals surface area contributed by atoms with Crippen LogP contribution in [0.15, 0.2) is 377 Å². The Morgan fingerprint density at radius 2 is 0.598 bits per heavy atom. The number of halogens is 1. The molecule has 21 nitrogen and oxygen atoms in total. The quantitative estimate of drug-likeness (QED) is 0.0250. The fourth-order valence-corrected chi connectivity index (χ4v) is 21.9. The van der Waals surface area contributed by atoms with E-state index in [9.17, 15) is 0 Å². The average molecular weight is 1860 g/mol. The monoisotopic (exact) mass is 1860 g/mol. The van der Waals surface area contributed by atoms with E-state index in [2.05, 4.69) is 388 Å². The van der Waals surface area contributed by atoms with Crippen molar-refractivity contribution in [3.8, 4) is 22.8 Å². The summed E-state index contributed by atoms with van der Waals surface area (Å²) in [5.74, 6) is 3.32. The van der Waals surface area contributed by atoms with Crippen LogP contribution in [0.5, 0.6) is 0 Å². The second kappa shape index (κ2) is 39.6. The minimum absolute atomic E-state index is 0.162. The first-order valence-corrected chi connectivity index (χ1v) is 55.0. The molecule has 0 bridgehead atoms. The van der Waals surface area contributed by atoms with Gasteiger partial charge in [0.05, 0.1) is 51.1 Å². The van der Waals surface area contributed by atoms with Gasteiger partial charge in [-0.3, -0.25) is 4.99 Å². The Bertz CT molecular complexity index is 6810. The van der Waals surface area contributed by atoms with E-state index in [4.69, 9.17) is 41.8 Å². The summed E-state index contributed by atoms with van der Waals surface area (Å²) < 4.78 is 7.78. The predicted octanol–water partition coefficient (Wildman–Crippen LogP) is 22.4. The summed E-state index contributed by atoms with van der Waals surface area (Å²) in [6, 6.07) is 110. The molecule has 9 aromatic carbocycles. The Hall–Kier alpha value is -14.8. The van der Waals surface area contributed by atoms with E-state index in [1.165, 1.54) is 37.7 Å². The molecule has 1 aliphatic rings. The minimum Gasteiger partial charge on any atom is -0.367 e. The molecule has 19 aromatic rings. The molecule has 4 N–H and O–H groups in total. The number of rotatable bonds is 24.